The maximum atomic E-state index is 8.07. The summed E-state index contributed by atoms with van der Waals surface area (Å²) in [6, 6.07) is 5.41. The molecule has 0 radical (unpaired) electrons. The molecule has 1 aromatic rings. The Bertz CT molecular complexity index is 333. The average molecular weight is 246 g/mol. The largest absolute Gasteiger partial charge is 0.0893 e. The number of hydrogen-bond acceptors (Lipinski definition) is 1. The van der Waals surface area contributed by atoms with Crippen molar-refractivity contribution < 1.29 is 0 Å². The van der Waals surface area contributed by atoms with Gasteiger partial charge in [0.2, 0.25) is 0 Å². The summed E-state index contributed by atoms with van der Waals surface area (Å²) in [5.41, 5.74) is 9.01. The van der Waals surface area contributed by atoms with Gasteiger partial charge in [0.05, 0.1) is 11.6 Å². The van der Waals surface area contributed by atoms with E-state index < -0.39 is 0 Å². The van der Waals surface area contributed by atoms with Crippen LogP contribution in [0.2, 0.25) is 5.02 Å². The van der Waals surface area contributed by atoms with Crippen LogP contribution in [0.3, 0.4) is 0 Å². The molecule has 1 rings (SSSR count). The van der Waals surface area contributed by atoms with E-state index in [2.05, 4.69) is 26.0 Å². The van der Waals surface area contributed by atoms with Gasteiger partial charge in [0.15, 0.2) is 0 Å². The molecule has 5 heteroatoms. The second-order valence-corrected chi connectivity index (χ2v) is 3.40. The Morgan fingerprint density at radius 1 is 1.58 bits per heavy atom. The Balaban J connectivity index is 2.89. The molecule has 0 aliphatic heterocycles. The summed E-state index contributed by atoms with van der Waals surface area (Å²) in [7, 11) is 0. The van der Waals surface area contributed by atoms with Crippen LogP contribution >= 0.6 is 27.5 Å². The van der Waals surface area contributed by atoms with E-state index in [0.717, 1.165) is 10.0 Å². The SMILES string of the molecule is [N-]=[N+]=NCc1ccc(Cl)c(Br)c1. The first kappa shape index (κ1) is 9.39. The van der Waals surface area contributed by atoms with Crippen molar-refractivity contribution in [3.63, 3.8) is 0 Å². The van der Waals surface area contributed by atoms with Crippen molar-refractivity contribution >= 4 is 27.5 Å². The van der Waals surface area contributed by atoms with Crippen molar-refractivity contribution in [1.82, 2.24) is 0 Å². The summed E-state index contributed by atoms with van der Waals surface area (Å²) in [6.07, 6.45) is 0. The lowest BCUT2D eigenvalue weighted by Gasteiger charge is -1.98. The van der Waals surface area contributed by atoms with Crippen LogP contribution < -0.4 is 0 Å². The third-order valence-corrected chi connectivity index (χ3v) is 2.51. The summed E-state index contributed by atoms with van der Waals surface area (Å²) in [4.78, 5) is 2.66. The van der Waals surface area contributed by atoms with Crippen molar-refractivity contribution in [3.05, 3.63) is 43.7 Å². The predicted molar refractivity (Wildman–Crippen MR) is 52.0 cm³/mol. The molecular formula is C7H5BrClN3. The number of nitrogens with zero attached hydrogens (tertiary/aromatic N) is 3. The average Bonchev–Trinajstić information content (AvgIpc) is 2.07. The first-order valence-electron chi connectivity index (χ1n) is 3.19. The zero-order valence-electron chi connectivity index (χ0n) is 6.04. The molecule has 0 spiro atoms. The lowest BCUT2D eigenvalue weighted by Crippen LogP contribution is -1.79. The molecule has 0 amide bonds. The van der Waals surface area contributed by atoms with Gasteiger partial charge in [-0.3, -0.25) is 0 Å². The molecular weight excluding hydrogens is 241 g/mol. The molecule has 62 valence electrons. The van der Waals surface area contributed by atoms with Crippen molar-refractivity contribution in [1.29, 1.82) is 0 Å². The molecule has 0 heterocycles. The third kappa shape index (κ3) is 2.41. The number of azide groups is 1. The first-order chi connectivity index (χ1) is 5.74. The fourth-order valence-electron chi connectivity index (χ4n) is 0.751. The molecule has 1 aromatic carbocycles. The molecule has 0 aromatic heterocycles. The van der Waals surface area contributed by atoms with Crippen LogP contribution in [-0.2, 0) is 6.54 Å². The first-order valence-corrected chi connectivity index (χ1v) is 4.36. The second kappa shape index (κ2) is 4.36. The number of benzene rings is 1. The third-order valence-electron chi connectivity index (χ3n) is 1.30. The van der Waals surface area contributed by atoms with E-state index in [1.54, 1.807) is 6.07 Å². The van der Waals surface area contributed by atoms with E-state index in [1.807, 2.05) is 12.1 Å². The minimum Gasteiger partial charge on any atom is -0.0893 e. The minimum atomic E-state index is 0.353. The van der Waals surface area contributed by atoms with Gasteiger partial charge in [-0.25, -0.2) is 0 Å². The van der Waals surface area contributed by atoms with E-state index in [1.165, 1.54) is 0 Å². The summed E-state index contributed by atoms with van der Waals surface area (Å²) in [6.45, 7) is 0.353. The molecule has 3 nitrogen and oxygen atoms in total. The Morgan fingerprint density at radius 3 is 2.92 bits per heavy atom. The van der Waals surface area contributed by atoms with Crippen LogP contribution in [0.4, 0.5) is 0 Å². The molecule has 0 aliphatic carbocycles. The smallest absolute Gasteiger partial charge is 0.0548 e. The molecule has 0 atom stereocenters. The normalized spacial score (nSPS) is 9.17. The Morgan fingerprint density at radius 2 is 2.33 bits per heavy atom. The van der Waals surface area contributed by atoms with Gasteiger partial charge in [0.1, 0.15) is 0 Å². The zero-order chi connectivity index (χ0) is 8.97. The van der Waals surface area contributed by atoms with Crippen LogP contribution in [0.5, 0.6) is 0 Å². The van der Waals surface area contributed by atoms with Crippen molar-refractivity contribution in [2.24, 2.45) is 5.11 Å². The zero-order valence-corrected chi connectivity index (χ0v) is 8.38. The van der Waals surface area contributed by atoms with Crippen LogP contribution in [0.1, 0.15) is 5.56 Å². The van der Waals surface area contributed by atoms with Crippen molar-refractivity contribution in [2.45, 2.75) is 6.54 Å². The topological polar surface area (TPSA) is 48.8 Å². The Hall–Kier alpha value is -0.700. The highest BCUT2D eigenvalue weighted by Gasteiger charge is 1.96. The van der Waals surface area contributed by atoms with Crippen LogP contribution in [0.15, 0.2) is 27.8 Å². The summed E-state index contributed by atoms with van der Waals surface area (Å²) >= 11 is 9.04. The van der Waals surface area contributed by atoms with E-state index in [4.69, 9.17) is 17.1 Å². The van der Waals surface area contributed by atoms with E-state index in [9.17, 15) is 0 Å². The van der Waals surface area contributed by atoms with Gasteiger partial charge in [0.25, 0.3) is 0 Å². The van der Waals surface area contributed by atoms with Crippen LogP contribution in [-0.4, -0.2) is 0 Å². The molecule has 12 heavy (non-hydrogen) atoms. The highest BCUT2D eigenvalue weighted by Crippen LogP contribution is 2.23. The highest BCUT2D eigenvalue weighted by molar-refractivity contribution is 9.10. The Labute approximate surface area is 83.1 Å². The van der Waals surface area contributed by atoms with Gasteiger partial charge in [-0.1, -0.05) is 22.8 Å². The van der Waals surface area contributed by atoms with Gasteiger partial charge >= 0.3 is 0 Å². The number of hydrogen-bond donors (Lipinski definition) is 0. The Kier molecular flexibility index (Phi) is 3.41. The van der Waals surface area contributed by atoms with Crippen LogP contribution in [0.25, 0.3) is 10.4 Å². The fraction of sp³-hybridized carbons (Fsp3) is 0.143. The molecule has 0 unspecified atom stereocenters. The second-order valence-electron chi connectivity index (χ2n) is 2.14. The van der Waals surface area contributed by atoms with Gasteiger partial charge in [-0.15, -0.1) is 0 Å². The summed E-state index contributed by atoms with van der Waals surface area (Å²) in [5, 5.41) is 4.08. The molecule has 0 saturated carbocycles. The molecule has 0 N–H and O–H groups in total. The quantitative estimate of drug-likeness (QED) is 0.431. The fourth-order valence-corrected chi connectivity index (χ4v) is 1.30. The lowest BCUT2D eigenvalue weighted by atomic mass is 10.2. The monoisotopic (exact) mass is 245 g/mol. The molecule has 0 saturated heterocycles. The van der Waals surface area contributed by atoms with Gasteiger partial charge in [-0.05, 0) is 39.2 Å². The highest BCUT2D eigenvalue weighted by atomic mass is 79.9. The van der Waals surface area contributed by atoms with Crippen LogP contribution in [0, 0.1) is 0 Å². The molecule has 0 aliphatic rings. The lowest BCUT2D eigenvalue weighted by molar-refractivity contribution is 1.05. The number of halogens is 2. The molecule has 0 bridgehead atoms. The molecule has 0 fully saturated rings. The van der Waals surface area contributed by atoms with Crippen molar-refractivity contribution in [3.8, 4) is 0 Å². The minimum absolute atomic E-state index is 0.353. The van der Waals surface area contributed by atoms with E-state index in [-0.39, 0.29) is 0 Å². The summed E-state index contributed by atoms with van der Waals surface area (Å²) < 4.78 is 0.815. The van der Waals surface area contributed by atoms with E-state index in [0.29, 0.717) is 11.6 Å². The summed E-state index contributed by atoms with van der Waals surface area (Å²) in [5.74, 6) is 0. The van der Waals surface area contributed by atoms with Gasteiger partial charge in [0, 0.05) is 9.38 Å². The van der Waals surface area contributed by atoms with Gasteiger partial charge < -0.3 is 0 Å². The van der Waals surface area contributed by atoms with Gasteiger partial charge in [-0.2, -0.15) is 0 Å². The van der Waals surface area contributed by atoms with E-state index >= 15 is 0 Å². The number of rotatable bonds is 2. The maximum absolute atomic E-state index is 8.07. The van der Waals surface area contributed by atoms with Crippen molar-refractivity contribution in [2.75, 3.05) is 0 Å². The predicted octanol–water partition coefficient (Wildman–Crippen LogP) is 3.91. The maximum Gasteiger partial charge on any atom is 0.0548 e. The standard InChI is InChI=1S/C7H5BrClN3/c8-6-3-5(4-11-12-10)1-2-7(6)9/h1-3H,4H2.